The Morgan fingerprint density at radius 1 is 1.18 bits per heavy atom. The minimum absolute atomic E-state index is 0.175. The number of hydrogen-bond donors (Lipinski definition) is 2. The Morgan fingerprint density at radius 3 is 2.67 bits per heavy atom. The maximum Gasteiger partial charge on any atom is 0.226 e. The van der Waals surface area contributed by atoms with Crippen LogP contribution in [0.4, 0.5) is 11.5 Å². The van der Waals surface area contributed by atoms with E-state index in [0.29, 0.717) is 32.2 Å². The van der Waals surface area contributed by atoms with Crippen molar-refractivity contribution in [1.29, 1.82) is 0 Å². The van der Waals surface area contributed by atoms with Crippen molar-refractivity contribution in [3.63, 3.8) is 0 Å². The average molecular weight is 448 g/mol. The molecule has 2 N–H and O–H groups in total. The molecule has 1 amide bonds. The predicted octanol–water partition coefficient (Wildman–Crippen LogP) is 4.26. The fourth-order valence-electron chi connectivity index (χ4n) is 5.18. The quantitative estimate of drug-likeness (QED) is 0.716. The van der Waals surface area contributed by atoms with Gasteiger partial charge in [-0.25, -0.2) is 4.98 Å². The van der Waals surface area contributed by atoms with E-state index in [-0.39, 0.29) is 11.4 Å². The van der Waals surface area contributed by atoms with E-state index in [9.17, 15) is 4.79 Å². The fraction of sp³-hybridized carbons (Fsp3) is 0.500. The first-order valence-electron chi connectivity index (χ1n) is 12.2. The van der Waals surface area contributed by atoms with Crippen LogP contribution in [0.15, 0.2) is 47.6 Å². The molecule has 33 heavy (non-hydrogen) atoms. The molecule has 0 atom stereocenters. The summed E-state index contributed by atoms with van der Waals surface area (Å²) in [6.45, 7) is 4.03. The van der Waals surface area contributed by atoms with Gasteiger partial charge in [-0.15, -0.1) is 0 Å². The molecule has 2 fully saturated rings. The van der Waals surface area contributed by atoms with E-state index < -0.39 is 0 Å². The molecule has 0 bridgehead atoms. The number of amides is 1. The first-order chi connectivity index (χ1) is 16.1. The van der Waals surface area contributed by atoms with E-state index in [1.807, 2.05) is 42.2 Å². The second kappa shape index (κ2) is 9.41. The van der Waals surface area contributed by atoms with Crippen LogP contribution in [0.25, 0.3) is 0 Å². The maximum absolute atomic E-state index is 13.0. The summed E-state index contributed by atoms with van der Waals surface area (Å²) in [5.74, 6) is 2.86. The smallest absolute Gasteiger partial charge is 0.226 e. The van der Waals surface area contributed by atoms with Crippen LogP contribution in [0.1, 0.15) is 51.0 Å². The molecule has 3 aliphatic rings. The van der Waals surface area contributed by atoms with Gasteiger partial charge in [-0.05, 0) is 62.4 Å². The molecular weight excluding hydrogens is 414 g/mol. The number of carbonyl (C=O) groups excluding carboxylic acids is 1. The second-order valence-corrected chi connectivity index (χ2v) is 9.28. The molecule has 0 radical (unpaired) electrons. The number of ether oxygens (including phenoxy) is 1. The molecule has 1 aliphatic carbocycles. The molecule has 1 aromatic heterocycles. The Labute approximate surface area is 195 Å². The molecule has 1 saturated carbocycles. The zero-order valence-electron chi connectivity index (χ0n) is 19.3. The Hall–Kier alpha value is -3.09. The summed E-state index contributed by atoms with van der Waals surface area (Å²) in [5.41, 5.74) is 1.76. The number of anilines is 2. The van der Waals surface area contributed by atoms with Gasteiger partial charge < -0.3 is 20.3 Å². The number of amidine groups is 1. The van der Waals surface area contributed by atoms with Gasteiger partial charge in [0.15, 0.2) is 5.82 Å². The van der Waals surface area contributed by atoms with E-state index in [1.165, 1.54) is 12.8 Å². The number of aromatic nitrogens is 1. The molecule has 174 valence electrons. The molecule has 0 unspecified atom stereocenters. The normalized spacial score (nSPS) is 20.9. The van der Waals surface area contributed by atoms with Crippen LogP contribution in [0.3, 0.4) is 0 Å². The van der Waals surface area contributed by atoms with Crippen molar-refractivity contribution >= 4 is 23.2 Å². The topological polar surface area (TPSA) is 78.8 Å². The van der Waals surface area contributed by atoms with Crippen molar-refractivity contribution in [1.82, 2.24) is 9.88 Å². The first kappa shape index (κ1) is 21.7. The van der Waals surface area contributed by atoms with Crippen molar-refractivity contribution in [2.45, 2.75) is 63.5 Å². The molecule has 1 saturated heterocycles. The van der Waals surface area contributed by atoms with Crippen LogP contribution in [-0.4, -0.2) is 52.9 Å². The summed E-state index contributed by atoms with van der Waals surface area (Å²) < 4.78 is 5.50. The second-order valence-electron chi connectivity index (χ2n) is 9.28. The van der Waals surface area contributed by atoms with Gasteiger partial charge in [-0.2, -0.15) is 0 Å². The zero-order valence-corrected chi connectivity index (χ0v) is 19.3. The number of nitrogens with zero attached hydrogens (tertiary/aromatic N) is 3. The van der Waals surface area contributed by atoms with Crippen LogP contribution < -0.4 is 15.4 Å². The summed E-state index contributed by atoms with van der Waals surface area (Å²) in [6, 6.07) is 12.2. The highest BCUT2D eigenvalue weighted by Crippen LogP contribution is 2.37. The number of aliphatic imine (C=N–C) groups is 1. The van der Waals surface area contributed by atoms with Gasteiger partial charge in [-0.1, -0.05) is 25.0 Å². The van der Waals surface area contributed by atoms with E-state index in [1.54, 1.807) is 6.20 Å². The third-order valence-electron chi connectivity index (χ3n) is 7.07. The van der Waals surface area contributed by atoms with Crippen LogP contribution in [-0.2, 0) is 11.2 Å². The van der Waals surface area contributed by atoms with Crippen LogP contribution in [0.5, 0.6) is 5.75 Å². The highest BCUT2D eigenvalue weighted by Gasteiger charge is 2.44. The lowest BCUT2D eigenvalue weighted by Crippen LogP contribution is -2.59. The number of fused-ring (bicyclic) bond motifs is 1. The van der Waals surface area contributed by atoms with Gasteiger partial charge in [0.05, 0.1) is 30.3 Å². The molecule has 5 rings (SSSR count). The number of nitrogens with one attached hydrogen (secondary N) is 2. The molecule has 7 nitrogen and oxygen atoms in total. The molecule has 2 aliphatic heterocycles. The van der Waals surface area contributed by atoms with Crippen LogP contribution >= 0.6 is 0 Å². The molecule has 2 aromatic rings. The van der Waals surface area contributed by atoms with Gasteiger partial charge >= 0.3 is 0 Å². The molecule has 1 spiro atoms. The highest BCUT2D eigenvalue weighted by atomic mass is 16.5. The van der Waals surface area contributed by atoms with Crippen molar-refractivity contribution < 1.29 is 9.53 Å². The van der Waals surface area contributed by atoms with E-state index in [2.05, 4.69) is 21.7 Å². The fourth-order valence-corrected chi connectivity index (χ4v) is 5.18. The lowest BCUT2D eigenvalue weighted by molar-refractivity contribution is -0.131. The van der Waals surface area contributed by atoms with Crippen molar-refractivity contribution in [2.24, 2.45) is 4.99 Å². The van der Waals surface area contributed by atoms with Crippen molar-refractivity contribution in [2.75, 3.05) is 30.3 Å². The lowest BCUT2D eigenvalue weighted by atomic mass is 9.84. The van der Waals surface area contributed by atoms with Gasteiger partial charge in [0, 0.05) is 19.3 Å². The Balaban J connectivity index is 1.28. The van der Waals surface area contributed by atoms with Crippen LogP contribution in [0, 0.1) is 0 Å². The minimum Gasteiger partial charge on any atom is -0.494 e. The summed E-state index contributed by atoms with van der Waals surface area (Å²) in [5, 5.41) is 7.30. The number of benzene rings is 1. The standard InChI is InChI=1S/C26H33N5O2/c1-2-33-21-11-9-19(10-12-21)18-23(32)31-16-13-26(14-17-31)25(28-20-6-3-4-7-20)29-24-22(30-26)8-5-15-27-24/h5,8-12,15,20,30H,2-4,6-7,13-14,16-18H2,1H3,(H,27,28,29). The number of pyridine rings is 1. The average Bonchev–Trinajstić information content (AvgIpc) is 3.35. The summed E-state index contributed by atoms with van der Waals surface area (Å²) >= 11 is 0. The van der Waals surface area contributed by atoms with Gasteiger partial charge in [0.1, 0.15) is 11.6 Å². The van der Waals surface area contributed by atoms with E-state index >= 15 is 0 Å². The van der Waals surface area contributed by atoms with E-state index in [0.717, 1.165) is 54.3 Å². The Morgan fingerprint density at radius 2 is 1.94 bits per heavy atom. The van der Waals surface area contributed by atoms with Gasteiger partial charge in [0.2, 0.25) is 5.91 Å². The van der Waals surface area contributed by atoms with Gasteiger partial charge in [-0.3, -0.25) is 9.79 Å². The monoisotopic (exact) mass is 447 g/mol. The number of likely N-dealkylation sites (tertiary alicyclic amines) is 1. The molecular formula is C26H33N5O2. The SMILES string of the molecule is CCOc1ccc(CC(=O)N2CCC3(CC2)Nc2cccnc2NC3=NC2CCCC2)cc1. The van der Waals surface area contributed by atoms with Gasteiger partial charge in [0.25, 0.3) is 0 Å². The Kier molecular flexibility index (Phi) is 6.20. The maximum atomic E-state index is 13.0. The lowest BCUT2D eigenvalue weighted by Gasteiger charge is -2.46. The minimum atomic E-state index is -0.269. The summed E-state index contributed by atoms with van der Waals surface area (Å²) in [4.78, 5) is 24.7. The summed E-state index contributed by atoms with van der Waals surface area (Å²) in [6.07, 6.45) is 8.70. The van der Waals surface area contributed by atoms with E-state index in [4.69, 9.17) is 9.73 Å². The highest BCUT2D eigenvalue weighted by molar-refractivity contribution is 6.08. The number of hydrogen-bond acceptors (Lipinski definition) is 5. The first-order valence-corrected chi connectivity index (χ1v) is 12.2. The number of rotatable bonds is 5. The molecule has 1 aromatic carbocycles. The van der Waals surface area contributed by atoms with Crippen LogP contribution in [0.2, 0.25) is 0 Å². The number of piperidine rings is 1. The molecule has 7 heteroatoms. The Bertz CT molecular complexity index is 1010. The van der Waals surface area contributed by atoms with Crippen molar-refractivity contribution in [3.05, 3.63) is 48.2 Å². The largest absolute Gasteiger partial charge is 0.494 e. The summed E-state index contributed by atoms with van der Waals surface area (Å²) in [7, 11) is 0. The zero-order chi connectivity index (χ0) is 22.7. The predicted molar refractivity (Wildman–Crippen MR) is 131 cm³/mol. The third kappa shape index (κ3) is 4.68. The van der Waals surface area contributed by atoms with Crippen molar-refractivity contribution in [3.8, 4) is 5.75 Å². The molecule has 3 heterocycles. The number of carbonyl (C=O) groups is 1. The third-order valence-corrected chi connectivity index (χ3v) is 7.07.